The van der Waals surface area contributed by atoms with Gasteiger partial charge in [-0.3, -0.25) is 5.41 Å². The number of thiazole rings is 1. The zero-order chi connectivity index (χ0) is 14.0. The Balaban J connectivity index is 2.16. The van der Waals surface area contributed by atoms with Crippen molar-refractivity contribution in [2.24, 2.45) is 5.73 Å². The number of hydrogen-bond donors (Lipinski definition) is 2. The summed E-state index contributed by atoms with van der Waals surface area (Å²) in [5.41, 5.74) is 8.48. The maximum atomic E-state index is 7.46. The maximum absolute atomic E-state index is 7.46. The minimum absolute atomic E-state index is 0.102. The van der Waals surface area contributed by atoms with E-state index >= 15 is 0 Å². The molecule has 2 rings (SSSR count). The minimum atomic E-state index is 0.102. The van der Waals surface area contributed by atoms with Gasteiger partial charge in [-0.25, -0.2) is 4.98 Å². The summed E-state index contributed by atoms with van der Waals surface area (Å²) in [6, 6.07) is 7.77. The van der Waals surface area contributed by atoms with Gasteiger partial charge in [0.05, 0.1) is 5.69 Å². The number of benzene rings is 1. The molecule has 0 saturated heterocycles. The van der Waals surface area contributed by atoms with E-state index in [2.05, 4.69) is 16.8 Å². The zero-order valence-corrected chi connectivity index (χ0v) is 12.2. The normalized spacial score (nSPS) is 10.5. The van der Waals surface area contributed by atoms with Crippen LogP contribution in [0.2, 0.25) is 0 Å². The number of nitrogens with zero attached hydrogens (tertiary/aromatic N) is 2. The Kier molecular flexibility index (Phi) is 3.85. The molecule has 0 fully saturated rings. The molecule has 19 heavy (non-hydrogen) atoms. The first-order chi connectivity index (χ1) is 8.97. The quantitative estimate of drug-likeness (QED) is 0.665. The highest BCUT2D eigenvalue weighted by Gasteiger charge is 2.09. The van der Waals surface area contributed by atoms with Gasteiger partial charge in [0.2, 0.25) is 0 Å². The van der Waals surface area contributed by atoms with Crippen molar-refractivity contribution >= 4 is 22.3 Å². The molecule has 0 aliphatic rings. The van der Waals surface area contributed by atoms with Crippen molar-refractivity contribution in [2.45, 2.75) is 20.4 Å². The first-order valence-electron chi connectivity index (χ1n) is 6.06. The summed E-state index contributed by atoms with van der Waals surface area (Å²) in [5.74, 6) is 0.102. The first-order valence-corrected chi connectivity index (χ1v) is 6.87. The SMILES string of the molecule is Cc1nc(N(C)Cc2cccc(C(=N)N)c2)sc1C. The molecule has 0 amide bonds. The summed E-state index contributed by atoms with van der Waals surface area (Å²) in [5, 5.41) is 8.48. The van der Waals surface area contributed by atoms with Crippen LogP contribution in [0.25, 0.3) is 0 Å². The molecule has 1 heterocycles. The second-order valence-electron chi connectivity index (χ2n) is 4.61. The lowest BCUT2D eigenvalue weighted by molar-refractivity contribution is 0.910. The van der Waals surface area contributed by atoms with Crippen LogP contribution in [0.3, 0.4) is 0 Å². The number of anilines is 1. The summed E-state index contributed by atoms with van der Waals surface area (Å²) in [4.78, 5) is 7.91. The Morgan fingerprint density at radius 2 is 2.16 bits per heavy atom. The Labute approximate surface area is 117 Å². The van der Waals surface area contributed by atoms with Gasteiger partial charge in [-0.1, -0.05) is 18.2 Å². The van der Waals surface area contributed by atoms with Gasteiger partial charge in [0.1, 0.15) is 5.84 Å². The fraction of sp³-hybridized carbons (Fsp3) is 0.286. The molecule has 0 aliphatic heterocycles. The van der Waals surface area contributed by atoms with Crippen molar-refractivity contribution in [3.8, 4) is 0 Å². The Morgan fingerprint density at radius 1 is 1.42 bits per heavy atom. The van der Waals surface area contributed by atoms with Crippen LogP contribution >= 0.6 is 11.3 Å². The van der Waals surface area contributed by atoms with Crippen LogP contribution in [0.1, 0.15) is 21.7 Å². The summed E-state index contributed by atoms with van der Waals surface area (Å²) in [6.07, 6.45) is 0. The number of aromatic nitrogens is 1. The van der Waals surface area contributed by atoms with E-state index in [1.165, 1.54) is 4.88 Å². The van der Waals surface area contributed by atoms with Crippen molar-refractivity contribution in [2.75, 3.05) is 11.9 Å². The number of nitrogens with two attached hydrogens (primary N) is 1. The van der Waals surface area contributed by atoms with E-state index in [1.807, 2.05) is 38.2 Å². The number of hydrogen-bond acceptors (Lipinski definition) is 4. The molecule has 1 aromatic carbocycles. The minimum Gasteiger partial charge on any atom is -0.384 e. The van der Waals surface area contributed by atoms with E-state index in [-0.39, 0.29) is 5.84 Å². The molecule has 4 nitrogen and oxygen atoms in total. The van der Waals surface area contributed by atoms with E-state index in [9.17, 15) is 0 Å². The van der Waals surface area contributed by atoms with Gasteiger partial charge in [-0.2, -0.15) is 0 Å². The molecule has 0 bridgehead atoms. The van der Waals surface area contributed by atoms with Gasteiger partial charge < -0.3 is 10.6 Å². The Morgan fingerprint density at radius 3 is 2.74 bits per heavy atom. The highest BCUT2D eigenvalue weighted by atomic mass is 32.1. The molecular formula is C14H18N4S. The van der Waals surface area contributed by atoms with Crippen molar-refractivity contribution in [1.29, 1.82) is 5.41 Å². The second-order valence-corrected chi connectivity index (χ2v) is 5.79. The molecule has 0 unspecified atom stereocenters. The molecule has 5 heteroatoms. The van der Waals surface area contributed by atoms with E-state index in [0.717, 1.165) is 28.5 Å². The summed E-state index contributed by atoms with van der Waals surface area (Å²) < 4.78 is 0. The monoisotopic (exact) mass is 274 g/mol. The molecule has 100 valence electrons. The van der Waals surface area contributed by atoms with Crippen molar-refractivity contribution in [1.82, 2.24) is 4.98 Å². The van der Waals surface area contributed by atoms with Gasteiger partial charge in [0.25, 0.3) is 0 Å². The lowest BCUT2D eigenvalue weighted by Gasteiger charge is -2.16. The van der Waals surface area contributed by atoms with Gasteiger partial charge in [0, 0.05) is 24.0 Å². The van der Waals surface area contributed by atoms with E-state index in [1.54, 1.807) is 11.3 Å². The third-order valence-electron chi connectivity index (χ3n) is 3.00. The van der Waals surface area contributed by atoms with Crippen LogP contribution in [-0.2, 0) is 6.54 Å². The molecule has 2 aromatic rings. The average molecular weight is 274 g/mol. The molecule has 0 saturated carbocycles. The molecule has 0 radical (unpaired) electrons. The Hall–Kier alpha value is -1.88. The van der Waals surface area contributed by atoms with Gasteiger partial charge in [0.15, 0.2) is 5.13 Å². The fourth-order valence-electron chi connectivity index (χ4n) is 1.80. The zero-order valence-electron chi connectivity index (χ0n) is 11.4. The third-order valence-corrected chi connectivity index (χ3v) is 4.19. The molecule has 0 spiro atoms. The van der Waals surface area contributed by atoms with E-state index < -0.39 is 0 Å². The lowest BCUT2D eigenvalue weighted by atomic mass is 10.1. The standard InChI is InChI=1S/C14H18N4S/c1-9-10(2)19-14(17-9)18(3)8-11-5-4-6-12(7-11)13(15)16/h4-7H,8H2,1-3H3,(H3,15,16). The summed E-state index contributed by atoms with van der Waals surface area (Å²) >= 11 is 1.70. The molecule has 0 aliphatic carbocycles. The lowest BCUT2D eigenvalue weighted by Crippen LogP contribution is -2.17. The number of aryl methyl sites for hydroxylation is 2. The summed E-state index contributed by atoms with van der Waals surface area (Å²) in [7, 11) is 2.03. The topological polar surface area (TPSA) is 66.0 Å². The largest absolute Gasteiger partial charge is 0.384 e. The second kappa shape index (κ2) is 5.40. The van der Waals surface area contributed by atoms with Gasteiger partial charge in [-0.05, 0) is 25.5 Å². The summed E-state index contributed by atoms with van der Waals surface area (Å²) in [6.45, 7) is 4.87. The van der Waals surface area contributed by atoms with Crippen LogP contribution < -0.4 is 10.6 Å². The molecule has 0 atom stereocenters. The number of nitrogen functional groups attached to an aromatic ring is 1. The average Bonchev–Trinajstić information content (AvgIpc) is 2.70. The Bertz CT molecular complexity index is 584. The number of amidine groups is 1. The van der Waals surface area contributed by atoms with Gasteiger partial charge in [-0.15, -0.1) is 11.3 Å². The van der Waals surface area contributed by atoms with Gasteiger partial charge >= 0.3 is 0 Å². The highest BCUT2D eigenvalue weighted by molar-refractivity contribution is 7.15. The smallest absolute Gasteiger partial charge is 0.185 e. The fourth-order valence-corrected chi connectivity index (χ4v) is 2.67. The first kappa shape index (κ1) is 13.5. The van der Waals surface area contributed by atoms with E-state index in [0.29, 0.717) is 0 Å². The van der Waals surface area contributed by atoms with Crippen LogP contribution in [-0.4, -0.2) is 17.9 Å². The van der Waals surface area contributed by atoms with Crippen molar-refractivity contribution in [3.05, 3.63) is 46.0 Å². The van der Waals surface area contributed by atoms with E-state index in [4.69, 9.17) is 11.1 Å². The number of rotatable bonds is 4. The van der Waals surface area contributed by atoms with Crippen LogP contribution in [0.5, 0.6) is 0 Å². The predicted molar refractivity (Wildman–Crippen MR) is 81.2 cm³/mol. The molecule has 3 N–H and O–H groups in total. The van der Waals surface area contributed by atoms with Crippen molar-refractivity contribution in [3.63, 3.8) is 0 Å². The van der Waals surface area contributed by atoms with Crippen LogP contribution in [0.4, 0.5) is 5.13 Å². The highest BCUT2D eigenvalue weighted by Crippen LogP contribution is 2.25. The van der Waals surface area contributed by atoms with Crippen LogP contribution in [0.15, 0.2) is 24.3 Å². The maximum Gasteiger partial charge on any atom is 0.185 e. The van der Waals surface area contributed by atoms with Crippen LogP contribution in [0, 0.1) is 19.3 Å². The molecular weight excluding hydrogens is 256 g/mol. The van der Waals surface area contributed by atoms with Crippen molar-refractivity contribution < 1.29 is 0 Å². The number of nitrogens with one attached hydrogen (secondary N) is 1. The third kappa shape index (κ3) is 3.12. The molecule has 1 aromatic heterocycles. The predicted octanol–water partition coefficient (Wildman–Crippen LogP) is 2.68.